The van der Waals surface area contributed by atoms with Gasteiger partial charge in [0.15, 0.2) is 0 Å². The van der Waals surface area contributed by atoms with Crippen molar-refractivity contribution in [2.45, 2.75) is 50.4 Å². The summed E-state index contributed by atoms with van der Waals surface area (Å²) in [5, 5.41) is 20.5. The number of rotatable bonds is 15. The number of fused-ring (bicyclic) bond motifs is 2. The molecule has 3 aliphatic heterocycles. The first kappa shape index (κ1) is 50.6. The number of halogens is 2. The zero-order valence-electron chi connectivity index (χ0n) is 39.3. The second-order valence-corrected chi connectivity index (χ2v) is 21.9. The van der Waals surface area contributed by atoms with Gasteiger partial charge >= 0.3 is 5.63 Å². The predicted molar refractivity (Wildman–Crippen MR) is 278 cm³/mol. The van der Waals surface area contributed by atoms with E-state index in [0.717, 1.165) is 55.3 Å². The van der Waals surface area contributed by atoms with E-state index < -0.39 is 36.7 Å². The fourth-order valence-electron chi connectivity index (χ4n) is 10.3. The molecule has 15 heteroatoms. The molecule has 1 atom stereocenters. The van der Waals surface area contributed by atoms with E-state index in [1.807, 2.05) is 66.7 Å². The molecule has 1 saturated heterocycles. The number of carbonyl (C=O) groups excluding carboxylic acids is 4. The number of benzene rings is 5. The minimum Gasteiger partial charge on any atom is -1.00 e. The molecule has 1 fully saturated rings. The number of carbonyl (C=O) groups is 4. The molecule has 364 valence electrons. The molecule has 0 unspecified atom stereocenters. The third-order valence-electron chi connectivity index (χ3n) is 13.8. The summed E-state index contributed by atoms with van der Waals surface area (Å²) in [6.07, 6.45) is 5.69. The Morgan fingerprint density at radius 1 is 0.775 bits per heavy atom. The molecule has 0 radical (unpaired) electrons. The highest BCUT2D eigenvalue weighted by Crippen LogP contribution is 2.54. The summed E-state index contributed by atoms with van der Waals surface area (Å²) in [4.78, 5) is 74.5. The lowest BCUT2D eigenvalue weighted by molar-refractivity contribution is -0.137. The Kier molecular flexibility index (Phi) is 16.4. The predicted octanol–water partition coefficient (Wildman–Crippen LogP) is 3.50. The topological polar surface area (TPSA) is 156 Å². The monoisotopic (exact) mass is 1010 g/mol. The van der Waals surface area contributed by atoms with Gasteiger partial charge in [-0.2, -0.15) is 5.26 Å². The van der Waals surface area contributed by atoms with Gasteiger partial charge in [-0.3, -0.25) is 19.2 Å². The third-order valence-corrected chi connectivity index (χ3v) is 18.5. The molecule has 9 rings (SSSR count). The first-order chi connectivity index (χ1) is 34.2. The van der Waals surface area contributed by atoms with Crippen molar-refractivity contribution in [2.24, 2.45) is 0 Å². The Labute approximate surface area is 425 Å². The van der Waals surface area contributed by atoms with Crippen LogP contribution in [0, 0.1) is 11.3 Å². The van der Waals surface area contributed by atoms with Crippen LogP contribution in [0.1, 0.15) is 58.3 Å². The molecule has 0 bridgehead atoms. The quantitative estimate of drug-likeness (QED) is 0.0521. The van der Waals surface area contributed by atoms with Crippen molar-refractivity contribution in [1.29, 1.82) is 5.26 Å². The van der Waals surface area contributed by atoms with Crippen LogP contribution in [-0.4, -0.2) is 91.4 Å². The first-order valence-corrected chi connectivity index (χ1v) is 26.5. The average molecular weight is 1010 g/mol. The first-order valence-electron chi connectivity index (χ1n) is 24.0. The van der Waals surface area contributed by atoms with Crippen molar-refractivity contribution in [1.82, 2.24) is 20.4 Å². The highest BCUT2D eigenvalue weighted by atomic mass is 35.5. The van der Waals surface area contributed by atoms with Gasteiger partial charge in [0, 0.05) is 73.8 Å². The van der Waals surface area contributed by atoms with Crippen LogP contribution in [0.5, 0.6) is 0 Å². The molecule has 6 aromatic rings. The van der Waals surface area contributed by atoms with Crippen LogP contribution >= 0.6 is 18.9 Å². The molecule has 1 aromatic heterocycles. The Balaban J connectivity index is 0.00000676. The fraction of sp³-hybridized carbons (Fsp3) is 0.286. The SMILES string of the molecule is N#CC(=Cc1cc2cc3c4c(c2oc1=O)CCCN4CCC3)C(=O)N1CCN(C(=O)CC[C@H](NC(=O)c2cccc(CCl)c2)C(=O)NCC[P+](c2ccccc2)(c2ccccc2)c2ccccc2)CC1.[Cl-]. The minimum absolute atomic E-state index is 0. The summed E-state index contributed by atoms with van der Waals surface area (Å²) in [5.74, 6) is -1.44. The molecular formula is C56H55Cl2N6O6P. The minimum atomic E-state index is -2.27. The molecule has 0 spiro atoms. The second kappa shape index (κ2) is 23.0. The normalized spacial score (nSPS) is 14.9. The Bertz CT molecular complexity index is 2950. The van der Waals surface area contributed by atoms with E-state index in [-0.39, 0.29) is 74.4 Å². The standard InChI is InChI=1S/C56H54ClN6O6P.ClH/c57-37-39-13-10-14-41(33-39)53(65)60-49(54(66)59-25-32-70(45-16-4-1-5-17-45,46-18-6-2-7-19-46)47-20-8-3-9-21-47)23-24-50(64)61-28-30-63(31-29-61)55(67)44(38-58)36-43-35-42-34-40-15-11-26-62-27-12-22-48(51(40)62)52(42)69-56(43)68;/h1-10,13-14,16-21,33-36,49H,11-12,15,22-32,37H2,(H-,59,60,65,66);1H/t49-;/m0./s1. The number of piperazine rings is 1. The summed E-state index contributed by atoms with van der Waals surface area (Å²) in [6.45, 7) is 3.00. The van der Waals surface area contributed by atoms with Crippen molar-refractivity contribution in [3.8, 4) is 6.07 Å². The number of hydrogen-bond acceptors (Lipinski definition) is 8. The van der Waals surface area contributed by atoms with E-state index in [0.29, 0.717) is 23.9 Å². The molecular weight excluding hydrogens is 955 g/mol. The lowest BCUT2D eigenvalue weighted by atomic mass is 9.90. The van der Waals surface area contributed by atoms with Crippen molar-refractivity contribution in [3.63, 3.8) is 0 Å². The van der Waals surface area contributed by atoms with Gasteiger partial charge in [0.2, 0.25) is 11.8 Å². The van der Waals surface area contributed by atoms with Crippen molar-refractivity contribution in [2.75, 3.05) is 56.9 Å². The molecule has 4 heterocycles. The Morgan fingerprint density at radius 3 is 2.01 bits per heavy atom. The summed E-state index contributed by atoms with van der Waals surface area (Å²) in [6, 6.07) is 42.7. The molecule has 2 N–H and O–H groups in total. The zero-order chi connectivity index (χ0) is 48.6. The van der Waals surface area contributed by atoms with Crippen LogP contribution < -0.4 is 49.5 Å². The molecule has 4 amide bonds. The van der Waals surface area contributed by atoms with Gasteiger partial charge in [-0.25, -0.2) is 4.79 Å². The second-order valence-electron chi connectivity index (χ2n) is 18.0. The molecule has 5 aromatic carbocycles. The summed E-state index contributed by atoms with van der Waals surface area (Å²) in [5.41, 5.74) is 4.44. The number of hydrogen-bond donors (Lipinski definition) is 2. The lowest BCUT2D eigenvalue weighted by Crippen LogP contribution is -3.00. The van der Waals surface area contributed by atoms with Gasteiger partial charge in [-0.1, -0.05) is 66.7 Å². The summed E-state index contributed by atoms with van der Waals surface area (Å²) < 4.78 is 5.91. The number of alkyl halides is 1. The van der Waals surface area contributed by atoms with Crippen LogP contribution in [0.3, 0.4) is 0 Å². The largest absolute Gasteiger partial charge is 1.00 e. The highest BCUT2D eigenvalue weighted by molar-refractivity contribution is 7.95. The molecule has 3 aliphatic rings. The number of anilines is 1. The van der Waals surface area contributed by atoms with E-state index in [1.54, 1.807) is 29.2 Å². The van der Waals surface area contributed by atoms with Crippen molar-refractivity contribution >= 4 is 81.1 Å². The fourth-order valence-corrected chi connectivity index (χ4v) is 14.6. The van der Waals surface area contributed by atoms with Gasteiger partial charge < -0.3 is 42.2 Å². The smallest absolute Gasteiger partial charge is 0.343 e. The van der Waals surface area contributed by atoms with Gasteiger partial charge in [-0.05, 0) is 110 Å². The van der Waals surface area contributed by atoms with Crippen LogP contribution in [0.4, 0.5) is 5.69 Å². The van der Waals surface area contributed by atoms with E-state index in [1.165, 1.54) is 38.1 Å². The number of nitrogens with zero attached hydrogens (tertiary/aromatic N) is 4. The van der Waals surface area contributed by atoms with Crippen LogP contribution in [-0.2, 0) is 33.1 Å². The van der Waals surface area contributed by atoms with Crippen LogP contribution in [0.2, 0.25) is 0 Å². The van der Waals surface area contributed by atoms with E-state index in [4.69, 9.17) is 16.0 Å². The highest BCUT2D eigenvalue weighted by Gasteiger charge is 2.45. The van der Waals surface area contributed by atoms with Gasteiger partial charge in [0.1, 0.15) is 46.4 Å². The molecule has 0 aliphatic carbocycles. The maximum absolute atomic E-state index is 14.3. The zero-order valence-corrected chi connectivity index (χ0v) is 41.7. The van der Waals surface area contributed by atoms with E-state index in [9.17, 15) is 29.2 Å². The number of nitrogens with one attached hydrogen (secondary N) is 2. The van der Waals surface area contributed by atoms with E-state index in [2.05, 4.69) is 58.0 Å². The maximum atomic E-state index is 14.3. The molecule has 12 nitrogen and oxygen atoms in total. The Morgan fingerprint density at radius 2 is 1.39 bits per heavy atom. The number of nitriles is 1. The average Bonchev–Trinajstić information content (AvgIpc) is 3.41. The maximum Gasteiger partial charge on any atom is 0.343 e. The van der Waals surface area contributed by atoms with Crippen molar-refractivity contribution in [3.05, 3.63) is 171 Å². The molecule has 0 saturated carbocycles. The van der Waals surface area contributed by atoms with Crippen LogP contribution in [0.15, 0.2) is 142 Å². The third kappa shape index (κ3) is 10.9. The van der Waals surface area contributed by atoms with E-state index >= 15 is 0 Å². The molecule has 71 heavy (non-hydrogen) atoms. The number of amides is 4. The summed E-state index contributed by atoms with van der Waals surface area (Å²) >= 11 is 6.09. The van der Waals surface area contributed by atoms with Crippen molar-refractivity contribution < 1.29 is 36.0 Å². The lowest BCUT2D eigenvalue weighted by Gasteiger charge is -2.37. The Hall–Kier alpha value is -6.77. The van der Waals surface area contributed by atoms with Gasteiger partial charge in [0.05, 0.1) is 18.3 Å². The van der Waals surface area contributed by atoms with Gasteiger partial charge in [-0.15, -0.1) is 11.6 Å². The van der Waals surface area contributed by atoms with Gasteiger partial charge in [0.25, 0.3) is 11.8 Å². The van der Waals surface area contributed by atoms with Crippen LogP contribution in [0.25, 0.3) is 17.0 Å². The summed E-state index contributed by atoms with van der Waals surface area (Å²) in [7, 11) is -2.27. The number of aryl methyl sites for hydroxylation is 2.